The van der Waals surface area contributed by atoms with Crippen LogP contribution in [0, 0.1) is 26.2 Å². The number of hydrogen-bond donors (Lipinski definition) is 2. The van der Waals surface area contributed by atoms with Gasteiger partial charge in [0.2, 0.25) is 0 Å². The summed E-state index contributed by atoms with van der Waals surface area (Å²) < 4.78 is 14.0. The van der Waals surface area contributed by atoms with E-state index in [1.54, 1.807) is 0 Å². The molecule has 7 heteroatoms. The van der Waals surface area contributed by atoms with E-state index < -0.39 is 11.9 Å². The minimum absolute atomic E-state index is 0.0936. The fourth-order valence-corrected chi connectivity index (χ4v) is 6.11. The number of aliphatic carboxylic acids is 2. The van der Waals surface area contributed by atoms with Crippen LogP contribution in [0.1, 0.15) is 65.5 Å². The Balaban J connectivity index is 1.19. The Morgan fingerprint density at radius 2 is 1.57 bits per heavy atom. The van der Waals surface area contributed by atoms with Crippen molar-refractivity contribution in [3.63, 3.8) is 0 Å². The number of carboxylic acid groups (broad SMARTS) is 2. The number of rotatable bonds is 15. The number of nitrogens with zero attached hydrogens (tertiary/aromatic N) is 1. The Bertz CT molecular complexity index is 1650. The summed E-state index contributed by atoms with van der Waals surface area (Å²) in [5.41, 5.74) is 6.93. The van der Waals surface area contributed by atoms with Gasteiger partial charge in [0.25, 0.3) is 0 Å². The molecule has 1 aromatic heterocycles. The molecule has 1 fully saturated rings. The van der Waals surface area contributed by atoms with Crippen LogP contribution in [-0.2, 0) is 22.6 Å². The Labute approximate surface area is 258 Å². The summed E-state index contributed by atoms with van der Waals surface area (Å²) in [5, 5.41) is 19.8. The maximum absolute atomic E-state index is 11.7. The number of unbranched alkanes of at least 4 members (excludes halogenated alkanes) is 1. The monoisotopic (exact) mass is 595 g/mol. The fraction of sp³-hybridized carbons (Fsp3) is 0.351. The molecular weight excluding hydrogens is 554 g/mol. The van der Waals surface area contributed by atoms with E-state index in [1.165, 1.54) is 16.7 Å². The highest BCUT2D eigenvalue weighted by Gasteiger charge is 2.45. The topological polar surface area (TPSA) is 98.0 Å². The second-order valence-electron chi connectivity index (χ2n) is 12.2. The zero-order chi connectivity index (χ0) is 31.3. The standard InChI is InChI=1S/C37H41NO6/c1-25-19-26(2)36(27(3)20-25)44-18-5-4-17-43-31-13-10-28(11-14-31)9-12-29-7-6-8-32-35(29)30(21-33(39)40)23-38(32)24-37(15-16-37)22-34(41)42/h6-14,19-20,23H,4-5,15-18,21-22,24H2,1-3H3,(H,39,40)(H,41,42). The molecule has 1 aliphatic rings. The average Bonchev–Trinajstić information content (AvgIpc) is 3.63. The normalized spacial score (nSPS) is 13.8. The van der Waals surface area contributed by atoms with Crippen molar-refractivity contribution < 1.29 is 29.3 Å². The Morgan fingerprint density at radius 3 is 2.20 bits per heavy atom. The number of carbonyl (C=O) groups is 2. The molecule has 0 aliphatic heterocycles. The molecule has 0 amide bonds. The minimum atomic E-state index is -0.894. The van der Waals surface area contributed by atoms with Crippen molar-refractivity contribution in [2.45, 2.75) is 65.8 Å². The van der Waals surface area contributed by atoms with Crippen molar-refractivity contribution in [2.75, 3.05) is 13.2 Å². The number of aromatic nitrogens is 1. The van der Waals surface area contributed by atoms with Gasteiger partial charge in [-0.3, -0.25) is 9.59 Å². The highest BCUT2D eigenvalue weighted by atomic mass is 16.5. The summed E-state index contributed by atoms with van der Waals surface area (Å²) in [6, 6.07) is 18.2. The summed E-state index contributed by atoms with van der Waals surface area (Å²) in [6.45, 7) is 8.11. The Morgan fingerprint density at radius 1 is 0.886 bits per heavy atom. The molecule has 3 aromatic carbocycles. The summed E-state index contributed by atoms with van der Waals surface area (Å²) in [4.78, 5) is 23.1. The van der Waals surface area contributed by atoms with E-state index >= 15 is 0 Å². The lowest BCUT2D eigenvalue weighted by Gasteiger charge is -2.14. The van der Waals surface area contributed by atoms with Gasteiger partial charge in [-0.15, -0.1) is 0 Å². The molecule has 0 bridgehead atoms. The number of hydrogen-bond acceptors (Lipinski definition) is 4. The van der Waals surface area contributed by atoms with Gasteiger partial charge in [-0.2, -0.15) is 0 Å². The quantitative estimate of drug-likeness (QED) is 0.107. The van der Waals surface area contributed by atoms with Gasteiger partial charge >= 0.3 is 11.9 Å². The van der Waals surface area contributed by atoms with Crippen molar-refractivity contribution >= 4 is 35.0 Å². The molecule has 230 valence electrons. The van der Waals surface area contributed by atoms with Crippen molar-refractivity contribution in [1.82, 2.24) is 4.57 Å². The molecule has 0 radical (unpaired) electrons. The van der Waals surface area contributed by atoms with E-state index in [2.05, 4.69) is 32.9 Å². The average molecular weight is 596 g/mol. The van der Waals surface area contributed by atoms with Crippen LogP contribution in [0.3, 0.4) is 0 Å². The van der Waals surface area contributed by atoms with E-state index in [9.17, 15) is 19.8 Å². The van der Waals surface area contributed by atoms with Gasteiger partial charge < -0.3 is 24.3 Å². The van der Waals surface area contributed by atoms with Crippen molar-refractivity contribution in [2.24, 2.45) is 5.41 Å². The summed E-state index contributed by atoms with van der Waals surface area (Å²) in [6.07, 6.45) is 9.49. The summed E-state index contributed by atoms with van der Waals surface area (Å²) in [5.74, 6) is 0.105. The molecule has 0 atom stereocenters. The first-order chi connectivity index (χ1) is 21.1. The Kier molecular flexibility index (Phi) is 9.43. The van der Waals surface area contributed by atoms with Gasteiger partial charge in [-0.25, -0.2) is 0 Å². The predicted octanol–water partition coefficient (Wildman–Crippen LogP) is 7.86. The van der Waals surface area contributed by atoms with E-state index in [-0.39, 0.29) is 18.3 Å². The highest BCUT2D eigenvalue weighted by molar-refractivity contribution is 5.96. The van der Waals surface area contributed by atoms with Crippen LogP contribution in [0.2, 0.25) is 0 Å². The highest BCUT2D eigenvalue weighted by Crippen LogP contribution is 2.51. The molecule has 1 aliphatic carbocycles. The number of fused-ring (bicyclic) bond motifs is 1. The summed E-state index contributed by atoms with van der Waals surface area (Å²) >= 11 is 0. The molecule has 0 unspecified atom stereocenters. The molecule has 7 nitrogen and oxygen atoms in total. The number of aryl methyl sites for hydroxylation is 3. The molecule has 5 rings (SSSR count). The molecule has 44 heavy (non-hydrogen) atoms. The number of carboxylic acids is 2. The van der Waals surface area contributed by atoms with Crippen LogP contribution < -0.4 is 9.47 Å². The zero-order valence-electron chi connectivity index (χ0n) is 25.8. The number of benzene rings is 3. The van der Waals surface area contributed by atoms with Crippen LogP contribution in [0.4, 0.5) is 0 Å². The van der Waals surface area contributed by atoms with Gasteiger partial charge in [0.15, 0.2) is 0 Å². The largest absolute Gasteiger partial charge is 0.494 e. The van der Waals surface area contributed by atoms with Crippen LogP contribution in [0.5, 0.6) is 11.5 Å². The SMILES string of the molecule is Cc1cc(C)c(OCCCCOc2ccc(C=Cc3cccc4c3c(CC(=O)O)cn4CC3(CC(=O)O)CC3)cc2)c(C)c1. The Hall–Kier alpha value is -4.52. The third kappa shape index (κ3) is 7.70. The van der Waals surface area contributed by atoms with Gasteiger partial charge in [0, 0.05) is 23.6 Å². The van der Waals surface area contributed by atoms with E-state index in [0.717, 1.165) is 64.8 Å². The van der Waals surface area contributed by atoms with Gasteiger partial charge in [0.1, 0.15) is 11.5 Å². The second-order valence-corrected chi connectivity index (χ2v) is 12.2. The molecule has 2 N–H and O–H groups in total. The third-order valence-corrected chi connectivity index (χ3v) is 8.34. The molecule has 0 spiro atoms. The van der Waals surface area contributed by atoms with Gasteiger partial charge in [0.05, 0.1) is 26.1 Å². The molecule has 4 aromatic rings. The lowest BCUT2D eigenvalue weighted by Crippen LogP contribution is -2.15. The van der Waals surface area contributed by atoms with Gasteiger partial charge in [-0.05, 0) is 97.9 Å². The van der Waals surface area contributed by atoms with Crippen LogP contribution in [0.25, 0.3) is 23.1 Å². The van der Waals surface area contributed by atoms with E-state index in [0.29, 0.717) is 19.8 Å². The smallest absolute Gasteiger partial charge is 0.307 e. The minimum Gasteiger partial charge on any atom is -0.494 e. The first-order valence-corrected chi connectivity index (χ1v) is 15.3. The van der Waals surface area contributed by atoms with Crippen molar-refractivity contribution in [3.05, 3.63) is 94.2 Å². The molecule has 1 heterocycles. The van der Waals surface area contributed by atoms with Crippen LogP contribution in [0.15, 0.2) is 60.8 Å². The molecule has 1 saturated carbocycles. The molecular formula is C37H41NO6. The first-order valence-electron chi connectivity index (χ1n) is 15.3. The third-order valence-electron chi connectivity index (χ3n) is 8.34. The van der Waals surface area contributed by atoms with Gasteiger partial charge in [-0.1, -0.05) is 54.1 Å². The molecule has 0 saturated heterocycles. The lowest BCUT2D eigenvalue weighted by molar-refractivity contribution is -0.138. The van der Waals surface area contributed by atoms with Crippen LogP contribution >= 0.6 is 0 Å². The fourth-order valence-electron chi connectivity index (χ4n) is 6.11. The lowest BCUT2D eigenvalue weighted by atomic mass is 10.0. The maximum Gasteiger partial charge on any atom is 0.307 e. The zero-order valence-corrected chi connectivity index (χ0v) is 25.8. The summed E-state index contributed by atoms with van der Waals surface area (Å²) in [7, 11) is 0. The van der Waals surface area contributed by atoms with E-state index in [4.69, 9.17) is 9.47 Å². The second kappa shape index (κ2) is 13.4. The van der Waals surface area contributed by atoms with Crippen LogP contribution in [-0.4, -0.2) is 39.9 Å². The van der Waals surface area contributed by atoms with Crippen molar-refractivity contribution in [1.29, 1.82) is 0 Å². The first kappa shape index (κ1) is 30.9. The van der Waals surface area contributed by atoms with E-state index in [1.807, 2.05) is 65.4 Å². The maximum atomic E-state index is 11.7. The number of ether oxygens (including phenoxy) is 2. The van der Waals surface area contributed by atoms with Crippen molar-refractivity contribution in [3.8, 4) is 11.5 Å². The predicted molar refractivity (Wildman–Crippen MR) is 173 cm³/mol.